The van der Waals surface area contributed by atoms with Gasteiger partial charge in [0.2, 0.25) is 5.91 Å². The summed E-state index contributed by atoms with van der Waals surface area (Å²) in [7, 11) is 0. The summed E-state index contributed by atoms with van der Waals surface area (Å²) in [4.78, 5) is 25.0. The Morgan fingerprint density at radius 1 is 1.03 bits per heavy atom. The third-order valence-corrected chi connectivity index (χ3v) is 5.29. The summed E-state index contributed by atoms with van der Waals surface area (Å²) < 4.78 is 14.2. The van der Waals surface area contributed by atoms with Crippen molar-refractivity contribution in [3.8, 4) is 5.75 Å². The van der Waals surface area contributed by atoms with Crippen LogP contribution in [0.25, 0.3) is 0 Å². The minimum Gasteiger partial charge on any atom is -0.491 e. The van der Waals surface area contributed by atoms with E-state index in [9.17, 15) is 9.59 Å². The lowest BCUT2D eigenvalue weighted by Crippen LogP contribution is -2.30. The van der Waals surface area contributed by atoms with E-state index in [4.69, 9.17) is 9.47 Å². The van der Waals surface area contributed by atoms with Gasteiger partial charge in [0, 0.05) is 18.7 Å². The molecule has 0 bridgehead atoms. The molecule has 1 aliphatic heterocycles. The van der Waals surface area contributed by atoms with E-state index in [0.717, 1.165) is 42.8 Å². The van der Waals surface area contributed by atoms with Gasteiger partial charge in [-0.3, -0.25) is 9.36 Å². The fourth-order valence-corrected chi connectivity index (χ4v) is 3.73. The predicted octanol–water partition coefficient (Wildman–Crippen LogP) is 3.01. The van der Waals surface area contributed by atoms with Crippen LogP contribution < -0.4 is 15.7 Å². The van der Waals surface area contributed by atoms with E-state index in [2.05, 4.69) is 10.4 Å². The van der Waals surface area contributed by atoms with Crippen LogP contribution in [0.1, 0.15) is 30.7 Å². The molecule has 0 radical (unpaired) electrons. The van der Waals surface area contributed by atoms with E-state index in [0.29, 0.717) is 32.1 Å². The Labute approximate surface area is 186 Å². The molecule has 2 heterocycles. The molecule has 0 aliphatic carbocycles. The quantitative estimate of drug-likeness (QED) is 0.521. The molecule has 8 heteroatoms. The summed E-state index contributed by atoms with van der Waals surface area (Å²) in [6.07, 6.45) is 3.87. The number of para-hydroxylation sites is 1. The normalized spacial score (nSPS) is 13.2. The zero-order valence-electron chi connectivity index (χ0n) is 18.0. The zero-order valence-corrected chi connectivity index (χ0v) is 18.0. The van der Waals surface area contributed by atoms with Crippen molar-refractivity contribution >= 4 is 11.6 Å². The number of rotatable bonds is 9. The van der Waals surface area contributed by atoms with Gasteiger partial charge in [-0.1, -0.05) is 36.8 Å². The Morgan fingerprint density at radius 2 is 1.91 bits per heavy atom. The van der Waals surface area contributed by atoms with Crippen molar-refractivity contribution in [3.63, 3.8) is 0 Å². The first kappa shape index (κ1) is 21.8. The van der Waals surface area contributed by atoms with Crippen molar-refractivity contribution in [1.82, 2.24) is 14.3 Å². The first-order valence-electron chi connectivity index (χ1n) is 11.0. The van der Waals surface area contributed by atoms with Crippen molar-refractivity contribution in [3.05, 3.63) is 76.5 Å². The van der Waals surface area contributed by atoms with Gasteiger partial charge in [0.1, 0.15) is 24.7 Å². The second-order valence-electron chi connectivity index (χ2n) is 7.78. The van der Waals surface area contributed by atoms with Gasteiger partial charge in [0.25, 0.3) is 0 Å². The fourth-order valence-electron chi connectivity index (χ4n) is 3.73. The maximum Gasteiger partial charge on any atom is 0.346 e. The lowest BCUT2D eigenvalue weighted by atomic mass is 10.2. The van der Waals surface area contributed by atoms with Gasteiger partial charge >= 0.3 is 5.69 Å². The second-order valence-corrected chi connectivity index (χ2v) is 7.78. The Hall–Kier alpha value is -3.39. The van der Waals surface area contributed by atoms with Crippen molar-refractivity contribution in [1.29, 1.82) is 0 Å². The summed E-state index contributed by atoms with van der Waals surface area (Å²) >= 11 is 0. The monoisotopic (exact) mass is 436 g/mol. The highest BCUT2D eigenvalue weighted by atomic mass is 16.5. The summed E-state index contributed by atoms with van der Waals surface area (Å²) in [5.41, 5.74) is 1.38. The average molecular weight is 437 g/mol. The standard InChI is InChI=1S/C24H28N4O4/c29-23(17-28-24(30)27-13-6-2-5-12-22(27)26-28)25-20-9-7-8-19(16-20)18-31-14-15-32-21-10-3-1-4-11-21/h1,3-4,7-11,16H,2,5-6,12-15,17-18H2,(H,25,29). The Balaban J connectivity index is 1.25. The van der Waals surface area contributed by atoms with Gasteiger partial charge < -0.3 is 14.8 Å². The van der Waals surface area contributed by atoms with Crippen molar-refractivity contribution in [2.24, 2.45) is 0 Å². The molecule has 1 aromatic heterocycles. The van der Waals surface area contributed by atoms with Crippen LogP contribution in [0.15, 0.2) is 59.4 Å². The van der Waals surface area contributed by atoms with E-state index in [1.54, 1.807) is 4.57 Å². The lowest BCUT2D eigenvalue weighted by molar-refractivity contribution is -0.117. The highest BCUT2D eigenvalue weighted by Crippen LogP contribution is 2.13. The maximum atomic E-state index is 12.5. The molecular formula is C24H28N4O4. The molecule has 4 rings (SSSR count). The third kappa shape index (κ3) is 5.85. The van der Waals surface area contributed by atoms with Crippen LogP contribution in [0, 0.1) is 0 Å². The molecule has 0 spiro atoms. The molecule has 0 saturated carbocycles. The molecule has 0 saturated heterocycles. The first-order chi connectivity index (χ1) is 15.7. The van der Waals surface area contributed by atoms with Crippen molar-refractivity contribution < 1.29 is 14.3 Å². The number of nitrogens with one attached hydrogen (secondary N) is 1. The van der Waals surface area contributed by atoms with E-state index >= 15 is 0 Å². The highest BCUT2D eigenvalue weighted by molar-refractivity contribution is 5.90. The largest absolute Gasteiger partial charge is 0.491 e. The summed E-state index contributed by atoms with van der Waals surface area (Å²) in [6.45, 7) is 1.91. The molecule has 2 aromatic carbocycles. The number of carbonyl (C=O) groups is 1. The molecule has 0 unspecified atom stereocenters. The number of carbonyl (C=O) groups excluding carboxylic acids is 1. The smallest absolute Gasteiger partial charge is 0.346 e. The van der Waals surface area contributed by atoms with Gasteiger partial charge in [-0.05, 0) is 42.7 Å². The molecule has 168 valence electrons. The number of nitrogens with zero attached hydrogens (tertiary/aromatic N) is 3. The van der Waals surface area contributed by atoms with Gasteiger partial charge in [-0.15, -0.1) is 0 Å². The minimum atomic E-state index is -0.283. The molecule has 8 nitrogen and oxygen atoms in total. The number of anilines is 1. The van der Waals surface area contributed by atoms with Gasteiger partial charge in [0.15, 0.2) is 0 Å². The minimum absolute atomic E-state index is 0.101. The first-order valence-corrected chi connectivity index (χ1v) is 11.0. The van der Waals surface area contributed by atoms with Gasteiger partial charge in [-0.25, -0.2) is 9.48 Å². The van der Waals surface area contributed by atoms with Crippen LogP contribution in [0.2, 0.25) is 0 Å². The average Bonchev–Trinajstić information content (AvgIpc) is 2.95. The van der Waals surface area contributed by atoms with Crippen LogP contribution in [0.4, 0.5) is 5.69 Å². The van der Waals surface area contributed by atoms with Crippen LogP contribution >= 0.6 is 0 Å². The Bertz CT molecular complexity index is 1090. The number of hydrogen-bond acceptors (Lipinski definition) is 5. The lowest BCUT2D eigenvalue weighted by Gasteiger charge is -2.09. The number of ether oxygens (including phenoxy) is 2. The van der Waals surface area contributed by atoms with Gasteiger partial charge in [-0.2, -0.15) is 5.10 Å². The third-order valence-electron chi connectivity index (χ3n) is 5.29. The maximum absolute atomic E-state index is 12.5. The Morgan fingerprint density at radius 3 is 2.78 bits per heavy atom. The number of aromatic nitrogens is 3. The summed E-state index contributed by atoms with van der Waals surface area (Å²) in [5.74, 6) is 1.31. The number of fused-ring (bicyclic) bond motifs is 1. The SMILES string of the molecule is O=C(Cn1nc2n(c1=O)CCCCC2)Nc1cccc(COCCOc2ccccc2)c1. The van der Waals surface area contributed by atoms with E-state index in [1.165, 1.54) is 4.68 Å². The Kier molecular flexibility index (Phi) is 7.34. The van der Waals surface area contributed by atoms with Gasteiger partial charge in [0.05, 0.1) is 13.2 Å². The van der Waals surface area contributed by atoms with Crippen molar-refractivity contribution in [2.75, 3.05) is 18.5 Å². The van der Waals surface area contributed by atoms with Crippen LogP contribution in [0.3, 0.4) is 0 Å². The second kappa shape index (κ2) is 10.8. The molecular weight excluding hydrogens is 408 g/mol. The highest BCUT2D eigenvalue weighted by Gasteiger charge is 2.17. The van der Waals surface area contributed by atoms with Crippen LogP contribution in [-0.4, -0.2) is 33.5 Å². The molecule has 3 aromatic rings. The number of aryl methyl sites for hydroxylation is 1. The number of amides is 1. The summed E-state index contributed by atoms with van der Waals surface area (Å²) in [5, 5.41) is 7.21. The predicted molar refractivity (Wildman–Crippen MR) is 121 cm³/mol. The van der Waals surface area contributed by atoms with Crippen LogP contribution in [0.5, 0.6) is 5.75 Å². The fraction of sp³-hybridized carbons (Fsp3) is 0.375. The molecule has 1 N–H and O–H groups in total. The molecule has 32 heavy (non-hydrogen) atoms. The summed E-state index contributed by atoms with van der Waals surface area (Å²) in [6, 6.07) is 17.1. The number of benzene rings is 2. The van der Waals surface area contributed by atoms with E-state index in [1.807, 2.05) is 54.6 Å². The molecule has 1 amide bonds. The van der Waals surface area contributed by atoms with Crippen molar-refractivity contribution in [2.45, 2.75) is 45.4 Å². The zero-order chi connectivity index (χ0) is 22.2. The molecule has 0 fully saturated rings. The topological polar surface area (TPSA) is 87.4 Å². The molecule has 0 atom stereocenters. The van der Waals surface area contributed by atoms with E-state index < -0.39 is 0 Å². The molecule has 1 aliphatic rings. The van der Waals surface area contributed by atoms with E-state index in [-0.39, 0.29) is 18.1 Å². The number of hydrogen-bond donors (Lipinski definition) is 1. The van der Waals surface area contributed by atoms with Crippen LogP contribution in [-0.2, 0) is 35.6 Å².